The zero-order chi connectivity index (χ0) is 19.6. The van der Waals surface area contributed by atoms with Crippen LogP contribution in [0.15, 0.2) is 39.8 Å². The molecular formula is C20H30FN5O. The van der Waals surface area contributed by atoms with E-state index in [0.29, 0.717) is 18.2 Å². The van der Waals surface area contributed by atoms with Gasteiger partial charge in [0.2, 0.25) is 0 Å². The summed E-state index contributed by atoms with van der Waals surface area (Å²) in [7, 11) is 1.90. The molecule has 0 saturated heterocycles. The molecule has 0 bridgehead atoms. The summed E-state index contributed by atoms with van der Waals surface area (Å²) in [5.74, 6) is 1.61. The van der Waals surface area contributed by atoms with Crippen LogP contribution in [-0.2, 0) is 6.54 Å². The van der Waals surface area contributed by atoms with Crippen LogP contribution in [0.25, 0.3) is 0 Å². The Morgan fingerprint density at radius 2 is 2.07 bits per heavy atom. The molecule has 0 atom stereocenters. The quantitative estimate of drug-likeness (QED) is 0.399. The van der Waals surface area contributed by atoms with Crippen molar-refractivity contribution in [3.05, 3.63) is 47.6 Å². The minimum absolute atomic E-state index is 0.198. The number of nitrogens with zero attached hydrogens (tertiary/aromatic N) is 3. The molecule has 2 rings (SSSR count). The van der Waals surface area contributed by atoms with E-state index in [1.54, 1.807) is 12.1 Å². The molecule has 0 unspecified atom stereocenters. The van der Waals surface area contributed by atoms with Crippen molar-refractivity contribution in [3.8, 4) is 0 Å². The molecule has 0 amide bonds. The van der Waals surface area contributed by atoms with Gasteiger partial charge in [-0.2, -0.15) is 0 Å². The van der Waals surface area contributed by atoms with Crippen molar-refractivity contribution < 1.29 is 8.91 Å². The third-order valence-corrected chi connectivity index (χ3v) is 4.13. The van der Waals surface area contributed by atoms with E-state index in [0.717, 1.165) is 43.5 Å². The summed E-state index contributed by atoms with van der Waals surface area (Å²) < 4.78 is 19.1. The topological polar surface area (TPSA) is 65.7 Å². The van der Waals surface area contributed by atoms with Crippen molar-refractivity contribution in [2.45, 2.75) is 39.7 Å². The van der Waals surface area contributed by atoms with Gasteiger partial charge in [-0.25, -0.2) is 9.38 Å². The first-order chi connectivity index (χ1) is 13.0. The summed E-state index contributed by atoms with van der Waals surface area (Å²) in [5.41, 5.74) is 1.55. The van der Waals surface area contributed by atoms with E-state index >= 15 is 0 Å². The van der Waals surface area contributed by atoms with Gasteiger partial charge in [0.05, 0.1) is 11.4 Å². The second-order valence-corrected chi connectivity index (χ2v) is 6.72. The van der Waals surface area contributed by atoms with Crippen LogP contribution < -0.4 is 15.5 Å². The summed E-state index contributed by atoms with van der Waals surface area (Å²) in [6, 6.07) is 8.76. The molecule has 148 valence electrons. The van der Waals surface area contributed by atoms with E-state index in [9.17, 15) is 4.39 Å². The summed E-state index contributed by atoms with van der Waals surface area (Å²) in [4.78, 5) is 6.45. The van der Waals surface area contributed by atoms with Crippen molar-refractivity contribution in [1.82, 2.24) is 15.8 Å². The van der Waals surface area contributed by atoms with Crippen LogP contribution in [0.2, 0.25) is 0 Å². The van der Waals surface area contributed by atoms with Crippen LogP contribution in [0.4, 0.5) is 10.1 Å². The van der Waals surface area contributed by atoms with Crippen LogP contribution in [-0.4, -0.2) is 37.8 Å². The molecule has 0 aliphatic heterocycles. The van der Waals surface area contributed by atoms with Gasteiger partial charge in [0.1, 0.15) is 12.4 Å². The Morgan fingerprint density at radius 1 is 1.30 bits per heavy atom. The minimum atomic E-state index is -0.198. The van der Waals surface area contributed by atoms with Crippen LogP contribution in [0.3, 0.4) is 0 Å². The molecule has 0 fully saturated rings. The zero-order valence-electron chi connectivity index (χ0n) is 16.6. The molecule has 7 heteroatoms. The van der Waals surface area contributed by atoms with Crippen LogP contribution in [0, 0.1) is 5.82 Å². The van der Waals surface area contributed by atoms with Gasteiger partial charge >= 0.3 is 0 Å². The fraction of sp³-hybridized carbons (Fsp3) is 0.500. The zero-order valence-corrected chi connectivity index (χ0v) is 16.6. The molecule has 0 saturated carbocycles. The average molecular weight is 375 g/mol. The Kier molecular flexibility index (Phi) is 8.10. The highest BCUT2D eigenvalue weighted by Gasteiger charge is 2.08. The molecular weight excluding hydrogens is 345 g/mol. The number of aliphatic imine (C=N–C) groups is 1. The third-order valence-electron chi connectivity index (χ3n) is 4.13. The van der Waals surface area contributed by atoms with Gasteiger partial charge in [-0.15, -0.1) is 0 Å². The maximum Gasteiger partial charge on any atom is 0.191 e. The maximum absolute atomic E-state index is 13.8. The third kappa shape index (κ3) is 6.58. The van der Waals surface area contributed by atoms with Crippen molar-refractivity contribution >= 4 is 11.6 Å². The highest BCUT2D eigenvalue weighted by molar-refractivity contribution is 5.79. The van der Waals surface area contributed by atoms with Gasteiger partial charge in [0, 0.05) is 32.7 Å². The van der Waals surface area contributed by atoms with Crippen LogP contribution in [0.5, 0.6) is 0 Å². The normalized spacial score (nSPS) is 11.7. The van der Waals surface area contributed by atoms with Crippen molar-refractivity contribution in [3.63, 3.8) is 0 Å². The smallest absolute Gasteiger partial charge is 0.191 e. The number of para-hydroxylation sites is 1. The number of anilines is 1. The summed E-state index contributed by atoms with van der Waals surface area (Å²) in [6.07, 6.45) is 0.856. The second kappa shape index (κ2) is 10.5. The predicted molar refractivity (Wildman–Crippen MR) is 108 cm³/mol. The number of hydrogen-bond donors (Lipinski definition) is 2. The molecule has 2 N–H and O–H groups in total. The lowest BCUT2D eigenvalue weighted by molar-refractivity contribution is 0.376. The van der Waals surface area contributed by atoms with Gasteiger partial charge in [-0.05, 0) is 31.4 Å². The van der Waals surface area contributed by atoms with Gasteiger partial charge in [-0.3, -0.25) is 0 Å². The minimum Gasteiger partial charge on any atom is -0.372 e. The number of hydrogen-bond acceptors (Lipinski definition) is 4. The molecule has 27 heavy (non-hydrogen) atoms. The standard InChI is InChI=1S/C20H30FN5O/c1-5-22-20(24-14-16-13-18(15(2)3)25-27-16)23-11-8-12-26(4)19-10-7-6-9-17(19)21/h6-7,9-10,13,15H,5,8,11-12,14H2,1-4H3,(H2,22,23,24). The van der Waals surface area contributed by atoms with E-state index in [1.165, 1.54) is 6.07 Å². The lowest BCUT2D eigenvalue weighted by atomic mass is 10.1. The maximum atomic E-state index is 13.8. The van der Waals surface area contributed by atoms with E-state index in [2.05, 4.69) is 34.6 Å². The van der Waals surface area contributed by atoms with Crippen molar-refractivity contribution in [1.29, 1.82) is 0 Å². The highest BCUT2D eigenvalue weighted by atomic mass is 19.1. The summed E-state index contributed by atoms with van der Waals surface area (Å²) >= 11 is 0. The molecule has 0 aliphatic carbocycles. The number of nitrogens with one attached hydrogen (secondary N) is 2. The number of rotatable bonds is 9. The predicted octanol–water partition coefficient (Wildman–Crippen LogP) is 3.52. The van der Waals surface area contributed by atoms with Gasteiger partial charge in [-0.1, -0.05) is 31.1 Å². The van der Waals surface area contributed by atoms with Gasteiger partial charge < -0.3 is 20.1 Å². The first-order valence-electron chi connectivity index (χ1n) is 9.44. The fourth-order valence-corrected chi connectivity index (χ4v) is 2.58. The highest BCUT2D eigenvalue weighted by Crippen LogP contribution is 2.17. The first kappa shape index (κ1) is 20.7. The summed E-state index contributed by atoms with van der Waals surface area (Å²) in [6.45, 7) is 8.86. The van der Waals surface area contributed by atoms with Crippen molar-refractivity contribution in [2.24, 2.45) is 4.99 Å². The molecule has 0 spiro atoms. The van der Waals surface area contributed by atoms with Gasteiger partial charge in [0.15, 0.2) is 11.7 Å². The Bertz CT molecular complexity index is 729. The fourth-order valence-electron chi connectivity index (χ4n) is 2.58. The number of benzene rings is 1. The lowest BCUT2D eigenvalue weighted by Gasteiger charge is -2.20. The molecule has 1 aromatic carbocycles. The molecule has 6 nitrogen and oxygen atoms in total. The van der Waals surface area contributed by atoms with E-state index in [4.69, 9.17) is 4.52 Å². The number of aromatic nitrogens is 1. The first-order valence-corrected chi connectivity index (χ1v) is 9.44. The van der Waals surface area contributed by atoms with Crippen LogP contribution in [0.1, 0.15) is 44.6 Å². The lowest BCUT2D eigenvalue weighted by Crippen LogP contribution is -2.38. The molecule has 2 aromatic rings. The molecule has 0 aliphatic rings. The largest absolute Gasteiger partial charge is 0.372 e. The molecule has 0 radical (unpaired) electrons. The van der Waals surface area contributed by atoms with Gasteiger partial charge in [0.25, 0.3) is 0 Å². The number of guanidine groups is 1. The monoisotopic (exact) mass is 375 g/mol. The Morgan fingerprint density at radius 3 is 2.74 bits per heavy atom. The van der Waals surface area contributed by atoms with E-state index in [-0.39, 0.29) is 5.82 Å². The Labute approximate surface area is 160 Å². The molecule has 1 aromatic heterocycles. The Balaban J connectivity index is 1.80. The number of halogens is 1. The van der Waals surface area contributed by atoms with Crippen molar-refractivity contribution in [2.75, 3.05) is 31.6 Å². The second-order valence-electron chi connectivity index (χ2n) is 6.72. The van der Waals surface area contributed by atoms with E-state index in [1.807, 2.05) is 31.0 Å². The SMILES string of the molecule is CCNC(=NCc1cc(C(C)C)no1)NCCCN(C)c1ccccc1F. The Hall–Kier alpha value is -2.57. The van der Waals surface area contributed by atoms with Crippen LogP contribution >= 0.6 is 0 Å². The van der Waals surface area contributed by atoms with E-state index < -0.39 is 0 Å². The molecule has 1 heterocycles. The average Bonchev–Trinajstić information content (AvgIpc) is 3.12. The summed E-state index contributed by atoms with van der Waals surface area (Å²) in [5, 5.41) is 10.6.